The van der Waals surface area contributed by atoms with E-state index in [1.165, 1.54) is 30.6 Å². The summed E-state index contributed by atoms with van der Waals surface area (Å²) in [7, 11) is -3.96. The number of carboxylic acid groups (broad SMARTS) is 1. The summed E-state index contributed by atoms with van der Waals surface area (Å²) in [6, 6.07) is 10.4. The van der Waals surface area contributed by atoms with Crippen molar-refractivity contribution in [2.75, 3.05) is 18.8 Å². The quantitative estimate of drug-likeness (QED) is 0.419. The summed E-state index contributed by atoms with van der Waals surface area (Å²) >= 11 is 0. The highest BCUT2D eigenvalue weighted by atomic mass is 32.2. The van der Waals surface area contributed by atoms with E-state index in [2.05, 4.69) is 20.0 Å². The molecule has 9 nitrogen and oxygen atoms in total. The molecule has 0 radical (unpaired) electrons. The van der Waals surface area contributed by atoms with Gasteiger partial charge in [0.2, 0.25) is 10.0 Å². The van der Waals surface area contributed by atoms with Gasteiger partial charge in [-0.2, -0.15) is 0 Å². The number of nitrogen functional groups attached to an aromatic ring is 1. The first-order valence-electron chi connectivity index (χ1n) is 8.71. The normalized spacial score (nSPS) is 11.2. The number of hydrogen-bond acceptors (Lipinski definition) is 6. The number of hydrogen-bond donors (Lipinski definition) is 4. The van der Waals surface area contributed by atoms with Gasteiger partial charge in [-0.15, -0.1) is 0 Å². The number of halogens is 1. The van der Waals surface area contributed by atoms with Crippen molar-refractivity contribution in [3.8, 4) is 22.4 Å². The Kier molecular flexibility index (Phi) is 6.23. The standard InChI is InChI=1S/C19H18FN5O4S/c20-15-9-12(5-6-14(15)16-10-24-18(21)11-23-16)13-3-1-2-4-17(13)30(28,29)25-8-7-22-19(26)27/h1-6,9-11,22,25H,7-8H2,(H2,21,24)(H,26,27). The molecular weight excluding hydrogens is 413 g/mol. The fraction of sp³-hybridized carbons (Fsp3) is 0.105. The van der Waals surface area contributed by atoms with Crippen LogP contribution in [0, 0.1) is 5.82 Å². The average molecular weight is 431 g/mol. The predicted octanol–water partition coefficient (Wildman–Crippen LogP) is 2.08. The van der Waals surface area contributed by atoms with Crippen molar-refractivity contribution >= 4 is 21.9 Å². The summed E-state index contributed by atoms with van der Waals surface area (Å²) in [5, 5.41) is 10.6. The average Bonchev–Trinajstić information content (AvgIpc) is 2.72. The van der Waals surface area contributed by atoms with Crippen molar-refractivity contribution in [2.45, 2.75) is 4.90 Å². The second-order valence-corrected chi connectivity index (χ2v) is 7.88. The van der Waals surface area contributed by atoms with Crippen LogP contribution < -0.4 is 15.8 Å². The molecule has 0 bridgehead atoms. The van der Waals surface area contributed by atoms with E-state index in [0.29, 0.717) is 16.8 Å². The van der Waals surface area contributed by atoms with Crippen LogP contribution in [0.25, 0.3) is 22.4 Å². The van der Waals surface area contributed by atoms with Gasteiger partial charge in [0.25, 0.3) is 0 Å². The Bertz CT molecular complexity index is 1170. The van der Waals surface area contributed by atoms with E-state index in [1.54, 1.807) is 24.3 Å². The lowest BCUT2D eigenvalue weighted by Crippen LogP contribution is -2.34. The molecule has 5 N–H and O–H groups in total. The van der Waals surface area contributed by atoms with E-state index in [-0.39, 0.29) is 29.4 Å². The van der Waals surface area contributed by atoms with Gasteiger partial charge in [-0.05, 0) is 23.8 Å². The summed E-state index contributed by atoms with van der Waals surface area (Å²) in [5.41, 5.74) is 6.63. The molecule has 156 valence electrons. The number of amides is 1. The number of nitrogens with zero attached hydrogens (tertiary/aromatic N) is 2. The molecule has 1 heterocycles. The minimum absolute atomic E-state index is 0.0558. The molecule has 0 saturated heterocycles. The first-order valence-corrected chi connectivity index (χ1v) is 10.2. The van der Waals surface area contributed by atoms with Gasteiger partial charge in [-0.3, -0.25) is 4.98 Å². The Morgan fingerprint density at radius 3 is 2.50 bits per heavy atom. The smallest absolute Gasteiger partial charge is 0.404 e. The number of benzene rings is 2. The minimum atomic E-state index is -3.96. The van der Waals surface area contributed by atoms with E-state index < -0.39 is 21.9 Å². The van der Waals surface area contributed by atoms with E-state index in [0.717, 1.165) is 0 Å². The molecule has 2 aromatic carbocycles. The number of aromatic nitrogens is 2. The number of anilines is 1. The zero-order valence-corrected chi connectivity index (χ0v) is 16.4. The fourth-order valence-corrected chi connectivity index (χ4v) is 4.00. The van der Waals surface area contributed by atoms with Crippen molar-refractivity contribution in [2.24, 2.45) is 0 Å². The van der Waals surface area contributed by atoms with Crippen molar-refractivity contribution in [3.05, 3.63) is 60.7 Å². The van der Waals surface area contributed by atoms with Crippen molar-refractivity contribution in [1.82, 2.24) is 20.0 Å². The zero-order valence-electron chi connectivity index (χ0n) is 15.5. The molecular formula is C19H18FN5O4S. The topological polar surface area (TPSA) is 147 Å². The van der Waals surface area contributed by atoms with Crippen LogP contribution in [0.2, 0.25) is 0 Å². The summed E-state index contributed by atoms with van der Waals surface area (Å²) in [6.45, 7) is -0.227. The largest absolute Gasteiger partial charge is 0.465 e. The van der Waals surface area contributed by atoms with Gasteiger partial charge >= 0.3 is 6.09 Å². The van der Waals surface area contributed by atoms with Gasteiger partial charge in [0.1, 0.15) is 11.6 Å². The summed E-state index contributed by atoms with van der Waals surface area (Å²) in [4.78, 5) is 18.3. The monoisotopic (exact) mass is 431 g/mol. The number of carbonyl (C=O) groups is 1. The first kappa shape index (κ1) is 21.1. The van der Waals surface area contributed by atoms with Gasteiger partial charge in [-0.25, -0.2) is 27.3 Å². The van der Waals surface area contributed by atoms with Crippen LogP contribution in [0.4, 0.5) is 15.0 Å². The van der Waals surface area contributed by atoms with Crippen LogP contribution in [-0.4, -0.2) is 42.7 Å². The number of rotatable bonds is 7. The molecule has 0 aliphatic rings. The molecule has 0 atom stereocenters. The van der Waals surface area contributed by atoms with E-state index >= 15 is 0 Å². The van der Waals surface area contributed by atoms with Crippen molar-refractivity contribution < 1.29 is 22.7 Å². The molecule has 3 rings (SSSR count). The van der Waals surface area contributed by atoms with E-state index in [9.17, 15) is 17.6 Å². The number of sulfonamides is 1. The Morgan fingerprint density at radius 1 is 1.07 bits per heavy atom. The number of nitrogens with one attached hydrogen (secondary N) is 2. The van der Waals surface area contributed by atoms with Crippen LogP contribution in [0.15, 0.2) is 59.8 Å². The molecule has 0 saturated carbocycles. The third-order valence-corrected chi connectivity index (χ3v) is 5.62. The lowest BCUT2D eigenvalue weighted by molar-refractivity contribution is 0.194. The Balaban J connectivity index is 1.91. The molecule has 0 fully saturated rings. The van der Waals surface area contributed by atoms with E-state index in [1.807, 2.05) is 0 Å². The van der Waals surface area contributed by atoms with Crippen LogP contribution >= 0.6 is 0 Å². The molecule has 1 amide bonds. The minimum Gasteiger partial charge on any atom is -0.465 e. The third kappa shape index (κ3) is 4.88. The molecule has 0 spiro atoms. The van der Waals surface area contributed by atoms with Crippen molar-refractivity contribution in [3.63, 3.8) is 0 Å². The highest BCUT2D eigenvalue weighted by molar-refractivity contribution is 7.89. The van der Waals surface area contributed by atoms with Crippen LogP contribution in [-0.2, 0) is 10.0 Å². The Morgan fingerprint density at radius 2 is 1.83 bits per heavy atom. The van der Waals surface area contributed by atoms with Gasteiger partial charge in [0, 0.05) is 24.2 Å². The van der Waals surface area contributed by atoms with Crippen LogP contribution in [0.1, 0.15) is 0 Å². The second-order valence-electron chi connectivity index (χ2n) is 6.15. The Hall–Kier alpha value is -3.57. The molecule has 30 heavy (non-hydrogen) atoms. The lowest BCUT2D eigenvalue weighted by Gasteiger charge is -2.13. The Labute approximate surface area is 171 Å². The molecule has 0 aliphatic carbocycles. The van der Waals surface area contributed by atoms with Gasteiger partial charge in [0.05, 0.1) is 23.0 Å². The van der Waals surface area contributed by atoms with Crippen molar-refractivity contribution in [1.29, 1.82) is 0 Å². The van der Waals surface area contributed by atoms with Crippen LogP contribution in [0.3, 0.4) is 0 Å². The van der Waals surface area contributed by atoms with E-state index in [4.69, 9.17) is 10.8 Å². The maximum Gasteiger partial charge on any atom is 0.404 e. The first-order chi connectivity index (χ1) is 14.3. The fourth-order valence-electron chi connectivity index (χ4n) is 2.74. The molecule has 0 aliphatic heterocycles. The molecule has 11 heteroatoms. The predicted molar refractivity (Wildman–Crippen MR) is 108 cm³/mol. The molecule has 0 unspecified atom stereocenters. The SMILES string of the molecule is Nc1cnc(-c2ccc(-c3ccccc3S(=O)(=O)NCCNC(=O)O)cc2F)cn1. The molecule has 1 aromatic heterocycles. The van der Waals surface area contributed by atoms with Gasteiger partial charge in [0.15, 0.2) is 0 Å². The van der Waals surface area contributed by atoms with Gasteiger partial charge in [-0.1, -0.05) is 24.3 Å². The zero-order chi connectivity index (χ0) is 21.7. The number of nitrogens with two attached hydrogens (primary N) is 1. The van der Waals surface area contributed by atoms with Crippen LogP contribution in [0.5, 0.6) is 0 Å². The maximum absolute atomic E-state index is 14.7. The summed E-state index contributed by atoms with van der Waals surface area (Å²) < 4.78 is 42.4. The highest BCUT2D eigenvalue weighted by Gasteiger charge is 2.19. The summed E-state index contributed by atoms with van der Waals surface area (Å²) in [5.74, 6) is -0.390. The second kappa shape index (κ2) is 8.84. The lowest BCUT2D eigenvalue weighted by atomic mass is 10.0. The van der Waals surface area contributed by atoms with Gasteiger partial charge < -0.3 is 16.2 Å². The summed E-state index contributed by atoms with van der Waals surface area (Å²) in [6.07, 6.45) is 1.41. The molecule has 3 aromatic rings. The maximum atomic E-state index is 14.7. The third-order valence-electron chi connectivity index (χ3n) is 4.10. The highest BCUT2D eigenvalue weighted by Crippen LogP contribution is 2.30.